The fraction of sp³-hybridized carbons (Fsp3) is 0.923. The molecule has 0 bridgehead atoms. The third-order valence-corrected chi connectivity index (χ3v) is 3.55. The van der Waals surface area contributed by atoms with E-state index in [-0.39, 0.29) is 17.9 Å². The molecule has 1 aliphatic carbocycles. The van der Waals surface area contributed by atoms with Gasteiger partial charge in [-0.2, -0.15) is 0 Å². The van der Waals surface area contributed by atoms with E-state index < -0.39 is 5.79 Å². The summed E-state index contributed by atoms with van der Waals surface area (Å²) in [5, 5.41) is 2.99. The summed E-state index contributed by atoms with van der Waals surface area (Å²) >= 11 is 0. The maximum atomic E-state index is 11.9. The van der Waals surface area contributed by atoms with Gasteiger partial charge >= 0.3 is 0 Å². The second-order valence-corrected chi connectivity index (χ2v) is 5.53. The maximum Gasteiger partial charge on any atom is 0.223 e. The molecule has 2 aliphatic rings. The van der Waals surface area contributed by atoms with Gasteiger partial charge in [0.1, 0.15) is 6.10 Å². The van der Waals surface area contributed by atoms with Crippen molar-refractivity contribution in [2.45, 2.75) is 57.8 Å². The van der Waals surface area contributed by atoms with E-state index in [0.717, 1.165) is 12.8 Å². The lowest BCUT2D eigenvalue weighted by Gasteiger charge is -2.22. The van der Waals surface area contributed by atoms with Crippen LogP contribution in [0.2, 0.25) is 0 Å². The van der Waals surface area contributed by atoms with Crippen LogP contribution in [0.25, 0.3) is 0 Å². The molecule has 2 fully saturated rings. The van der Waals surface area contributed by atoms with Gasteiger partial charge in [0.15, 0.2) is 5.79 Å². The van der Waals surface area contributed by atoms with Crippen molar-refractivity contribution in [3.05, 3.63) is 0 Å². The number of ether oxygens (including phenoxy) is 2. The van der Waals surface area contributed by atoms with E-state index in [1.54, 1.807) is 0 Å². The molecule has 1 N–H and O–H groups in total. The van der Waals surface area contributed by atoms with Crippen molar-refractivity contribution in [3.63, 3.8) is 0 Å². The molecule has 1 atom stereocenters. The molecule has 1 saturated carbocycles. The molecule has 0 aromatic heterocycles. The second kappa shape index (κ2) is 5.36. The molecular formula is C13H23NO3. The van der Waals surface area contributed by atoms with E-state index in [0.29, 0.717) is 13.2 Å². The number of amides is 1. The summed E-state index contributed by atoms with van der Waals surface area (Å²) in [5.41, 5.74) is 0. The Labute approximate surface area is 103 Å². The number of nitrogens with one attached hydrogen (secondary N) is 1. The molecule has 98 valence electrons. The second-order valence-electron chi connectivity index (χ2n) is 5.53. The standard InChI is InChI=1S/C13H23NO3/c1-13(2)16-9-11(17-13)8-14-12(15)10-6-4-3-5-7-10/h10-11H,3-9H2,1-2H3,(H,14,15). The molecule has 4 nitrogen and oxygen atoms in total. The van der Waals surface area contributed by atoms with Crippen LogP contribution in [0.15, 0.2) is 0 Å². The minimum Gasteiger partial charge on any atom is -0.353 e. The molecule has 17 heavy (non-hydrogen) atoms. The number of carbonyl (C=O) groups is 1. The number of carbonyl (C=O) groups excluding carboxylic acids is 1. The van der Waals surface area contributed by atoms with Crippen LogP contribution in [0.4, 0.5) is 0 Å². The van der Waals surface area contributed by atoms with Gasteiger partial charge < -0.3 is 14.8 Å². The number of hydrogen-bond acceptors (Lipinski definition) is 3. The van der Waals surface area contributed by atoms with Crippen LogP contribution in [-0.2, 0) is 14.3 Å². The highest BCUT2D eigenvalue weighted by Gasteiger charge is 2.33. The predicted molar refractivity (Wildman–Crippen MR) is 64.5 cm³/mol. The Kier molecular flexibility index (Phi) is 4.05. The van der Waals surface area contributed by atoms with Crippen LogP contribution in [-0.4, -0.2) is 30.9 Å². The zero-order valence-electron chi connectivity index (χ0n) is 10.8. The van der Waals surface area contributed by atoms with Gasteiger partial charge in [-0.15, -0.1) is 0 Å². The molecule has 0 aromatic rings. The van der Waals surface area contributed by atoms with Gasteiger partial charge in [-0.3, -0.25) is 4.79 Å². The number of hydrogen-bond donors (Lipinski definition) is 1. The largest absolute Gasteiger partial charge is 0.353 e. The molecule has 0 radical (unpaired) electrons. The molecule has 1 heterocycles. The minimum absolute atomic E-state index is 0.00228. The molecule has 0 spiro atoms. The van der Waals surface area contributed by atoms with Crippen molar-refractivity contribution in [2.75, 3.05) is 13.2 Å². The topological polar surface area (TPSA) is 47.6 Å². The monoisotopic (exact) mass is 241 g/mol. The van der Waals surface area contributed by atoms with Crippen LogP contribution in [0.3, 0.4) is 0 Å². The Morgan fingerprint density at radius 1 is 1.29 bits per heavy atom. The summed E-state index contributed by atoms with van der Waals surface area (Å²) in [6, 6.07) is 0. The van der Waals surface area contributed by atoms with E-state index in [1.165, 1.54) is 19.3 Å². The molecular weight excluding hydrogens is 218 g/mol. The third kappa shape index (κ3) is 3.68. The lowest BCUT2D eigenvalue weighted by molar-refractivity contribution is -0.140. The van der Waals surface area contributed by atoms with E-state index >= 15 is 0 Å². The average Bonchev–Trinajstić information content (AvgIpc) is 2.67. The molecule has 1 unspecified atom stereocenters. The van der Waals surface area contributed by atoms with Gasteiger partial charge in [-0.05, 0) is 26.7 Å². The van der Waals surface area contributed by atoms with Crippen molar-refractivity contribution >= 4 is 5.91 Å². The Balaban J connectivity index is 1.69. The predicted octanol–water partition coefficient (Wildman–Crippen LogP) is 1.83. The maximum absolute atomic E-state index is 11.9. The Morgan fingerprint density at radius 2 is 2.00 bits per heavy atom. The lowest BCUT2D eigenvalue weighted by Crippen LogP contribution is -2.38. The quantitative estimate of drug-likeness (QED) is 0.820. The van der Waals surface area contributed by atoms with Gasteiger partial charge in [-0.25, -0.2) is 0 Å². The van der Waals surface area contributed by atoms with Gasteiger partial charge in [-0.1, -0.05) is 19.3 Å². The zero-order chi connectivity index (χ0) is 12.3. The molecule has 1 aliphatic heterocycles. The fourth-order valence-corrected chi connectivity index (χ4v) is 2.59. The number of rotatable bonds is 3. The van der Waals surface area contributed by atoms with Crippen molar-refractivity contribution < 1.29 is 14.3 Å². The average molecular weight is 241 g/mol. The Morgan fingerprint density at radius 3 is 2.59 bits per heavy atom. The smallest absolute Gasteiger partial charge is 0.223 e. The third-order valence-electron chi connectivity index (χ3n) is 3.55. The zero-order valence-corrected chi connectivity index (χ0v) is 10.8. The van der Waals surface area contributed by atoms with Gasteiger partial charge in [0.25, 0.3) is 0 Å². The molecule has 1 saturated heterocycles. The summed E-state index contributed by atoms with van der Waals surface area (Å²) in [5.74, 6) is -0.0858. The summed E-state index contributed by atoms with van der Waals surface area (Å²) in [4.78, 5) is 11.9. The summed E-state index contributed by atoms with van der Waals surface area (Å²) in [6.45, 7) is 4.93. The van der Waals surface area contributed by atoms with Crippen LogP contribution < -0.4 is 5.32 Å². The minimum atomic E-state index is -0.500. The highest BCUT2D eigenvalue weighted by molar-refractivity contribution is 5.78. The first kappa shape index (κ1) is 12.8. The molecule has 0 aromatic carbocycles. The van der Waals surface area contributed by atoms with Crippen LogP contribution in [0, 0.1) is 5.92 Å². The van der Waals surface area contributed by atoms with E-state index in [9.17, 15) is 4.79 Å². The van der Waals surface area contributed by atoms with Gasteiger partial charge in [0.2, 0.25) is 5.91 Å². The first-order chi connectivity index (χ1) is 8.07. The first-order valence-electron chi connectivity index (χ1n) is 6.66. The Bertz CT molecular complexity index is 272. The highest BCUT2D eigenvalue weighted by Crippen LogP contribution is 2.24. The molecule has 1 amide bonds. The highest BCUT2D eigenvalue weighted by atomic mass is 16.7. The van der Waals surface area contributed by atoms with Gasteiger partial charge in [0, 0.05) is 12.5 Å². The summed E-state index contributed by atoms with van der Waals surface area (Å²) in [7, 11) is 0. The van der Waals surface area contributed by atoms with Crippen molar-refractivity contribution in [1.82, 2.24) is 5.32 Å². The fourth-order valence-electron chi connectivity index (χ4n) is 2.59. The van der Waals surface area contributed by atoms with E-state index in [4.69, 9.17) is 9.47 Å². The molecule has 2 rings (SSSR count). The summed E-state index contributed by atoms with van der Waals surface area (Å²) < 4.78 is 11.1. The van der Waals surface area contributed by atoms with Crippen LogP contribution >= 0.6 is 0 Å². The first-order valence-corrected chi connectivity index (χ1v) is 6.66. The summed E-state index contributed by atoms with van der Waals surface area (Å²) in [6.07, 6.45) is 5.73. The Hall–Kier alpha value is -0.610. The lowest BCUT2D eigenvalue weighted by atomic mass is 9.89. The van der Waals surface area contributed by atoms with E-state index in [2.05, 4.69) is 5.32 Å². The van der Waals surface area contributed by atoms with Crippen LogP contribution in [0.1, 0.15) is 46.0 Å². The van der Waals surface area contributed by atoms with Gasteiger partial charge in [0.05, 0.1) is 6.61 Å². The SMILES string of the molecule is CC1(C)OCC(CNC(=O)C2CCCCC2)O1. The van der Waals surface area contributed by atoms with Crippen LogP contribution in [0.5, 0.6) is 0 Å². The van der Waals surface area contributed by atoms with Crippen molar-refractivity contribution in [2.24, 2.45) is 5.92 Å². The van der Waals surface area contributed by atoms with E-state index in [1.807, 2.05) is 13.8 Å². The van der Waals surface area contributed by atoms with Crippen molar-refractivity contribution in [1.29, 1.82) is 0 Å². The van der Waals surface area contributed by atoms with Crippen molar-refractivity contribution in [3.8, 4) is 0 Å². The molecule has 4 heteroatoms. The normalized spacial score (nSPS) is 29.2.